The van der Waals surface area contributed by atoms with Crippen LogP contribution in [0, 0.1) is 6.92 Å². The molecule has 0 nitrogen and oxygen atoms in total. The molecule has 0 bridgehead atoms. The summed E-state index contributed by atoms with van der Waals surface area (Å²) in [6, 6.07) is 0. The molecule has 0 fully saturated rings. The molecule has 0 rings (SSSR count). The maximum atomic E-state index is 3.68. The van der Waals surface area contributed by atoms with E-state index in [0.29, 0.717) is 0 Å². The minimum Gasteiger partial charge on any atom is -1.00 e. The molecule has 8 heavy (non-hydrogen) atoms. The van der Waals surface area contributed by atoms with Gasteiger partial charge in [-0.2, -0.15) is 6.42 Å². The van der Waals surface area contributed by atoms with Gasteiger partial charge in [0.2, 0.25) is 0 Å². The van der Waals surface area contributed by atoms with Crippen LogP contribution in [-0.2, 0) is 0 Å². The average molecular weight is 187 g/mol. The molecule has 0 spiro atoms. The summed E-state index contributed by atoms with van der Waals surface area (Å²) < 4.78 is 0. The van der Waals surface area contributed by atoms with Crippen LogP contribution in [0.2, 0.25) is 0 Å². The third-order valence-electron chi connectivity index (χ3n) is 0.658. The van der Waals surface area contributed by atoms with Crippen molar-refractivity contribution < 1.29 is 17.0 Å². The van der Waals surface area contributed by atoms with Crippen molar-refractivity contribution in [2.24, 2.45) is 0 Å². The second-order valence-corrected chi connectivity index (χ2v) is 1.28. The maximum Gasteiger partial charge on any atom is 2.00 e. The maximum absolute atomic E-state index is 3.68. The average Bonchev–Trinajstić information content (AvgIpc) is 1.61. The van der Waals surface area contributed by atoms with Gasteiger partial charge in [-0.05, 0) is 6.42 Å². The van der Waals surface area contributed by atoms with Crippen LogP contribution in [0.5, 0.6) is 0 Å². The molecule has 0 aliphatic rings. The quantitative estimate of drug-likeness (QED) is 0.225. The van der Waals surface area contributed by atoms with Crippen molar-refractivity contribution in [2.75, 3.05) is 0 Å². The van der Waals surface area contributed by atoms with E-state index in [1.165, 1.54) is 6.42 Å². The first-order chi connectivity index (χ1) is 2.91. The Labute approximate surface area is 78.7 Å². The minimum absolute atomic E-state index is 0. The standard InChI is InChI=1S/C6H11.BrH.Mg/c1-3-5-6-4-2;;/h3H,1-2,4-6H2;1H;/q-1;;+2/p-1. The Morgan fingerprint density at radius 2 is 2.00 bits per heavy atom. The van der Waals surface area contributed by atoms with Gasteiger partial charge in [0.15, 0.2) is 0 Å². The fourth-order valence-electron chi connectivity index (χ4n) is 0.289. The predicted molar refractivity (Wildman–Crippen MR) is 35.2 cm³/mol. The molecule has 0 aromatic carbocycles. The number of halogens is 1. The molecule has 2 heteroatoms. The van der Waals surface area contributed by atoms with Gasteiger partial charge >= 0.3 is 23.1 Å². The van der Waals surface area contributed by atoms with E-state index in [1.807, 2.05) is 6.08 Å². The van der Waals surface area contributed by atoms with E-state index in [4.69, 9.17) is 0 Å². The second kappa shape index (κ2) is 15.7. The second-order valence-electron chi connectivity index (χ2n) is 1.28. The van der Waals surface area contributed by atoms with Gasteiger partial charge in [-0.3, -0.25) is 0 Å². The summed E-state index contributed by atoms with van der Waals surface area (Å²) in [4.78, 5) is 0. The molecule has 0 aromatic rings. The normalized spacial score (nSPS) is 6.12. The van der Waals surface area contributed by atoms with Crippen LogP contribution in [0.25, 0.3) is 0 Å². The van der Waals surface area contributed by atoms with Gasteiger partial charge in [-0.25, -0.2) is 0 Å². The number of hydrogen-bond donors (Lipinski definition) is 0. The van der Waals surface area contributed by atoms with E-state index in [0.717, 1.165) is 12.8 Å². The van der Waals surface area contributed by atoms with Crippen molar-refractivity contribution >= 4 is 23.1 Å². The van der Waals surface area contributed by atoms with Crippen LogP contribution in [0.15, 0.2) is 12.7 Å². The van der Waals surface area contributed by atoms with E-state index in [9.17, 15) is 0 Å². The summed E-state index contributed by atoms with van der Waals surface area (Å²) in [5.41, 5.74) is 0. The van der Waals surface area contributed by atoms with Crippen molar-refractivity contribution in [1.29, 1.82) is 0 Å². The zero-order valence-electron chi connectivity index (χ0n) is 5.20. The number of rotatable bonds is 3. The Hall–Kier alpha value is 0.986. The third kappa shape index (κ3) is 15.8. The third-order valence-corrected chi connectivity index (χ3v) is 0.658. The van der Waals surface area contributed by atoms with Gasteiger partial charge < -0.3 is 23.9 Å². The molecular formula is C6H11BrMg. The van der Waals surface area contributed by atoms with Crippen LogP contribution < -0.4 is 17.0 Å². The fourth-order valence-corrected chi connectivity index (χ4v) is 0.289. The fraction of sp³-hybridized carbons (Fsp3) is 0.500. The van der Waals surface area contributed by atoms with Gasteiger partial charge in [0.1, 0.15) is 0 Å². The smallest absolute Gasteiger partial charge is 1.00 e. The molecule has 0 N–H and O–H groups in total. The van der Waals surface area contributed by atoms with Crippen molar-refractivity contribution in [1.82, 2.24) is 0 Å². The summed E-state index contributed by atoms with van der Waals surface area (Å²) in [6.45, 7) is 7.25. The first-order valence-corrected chi connectivity index (χ1v) is 2.32. The van der Waals surface area contributed by atoms with Crippen molar-refractivity contribution in [3.8, 4) is 0 Å². The molecule has 0 heterocycles. The monoisotopic (exact) mass is 186 g/mol. The van der Waals surface area contributed by atoms with Gasteiger partial charge in [0, 0.05) is 0 Å². The molecule has 0 aromatic heterocycles. The van der Waals surface area contributed by atoms with Crippen molar-refractivity contribution in [3.63, 3.8) is 0 Å². The van der Waals surface area contributed by atoms with E-state index in [-0.39, 0.29) is 40.0 Å². The minimum atomic E-state index is 0. The van der Waals surface area contributed by atoms with Crippen LogP contribution in [0.1, 0.15) is 19.3 Å². The topological polar surface area (TPSA) is 0 Å². The predicted octanol–water partition coefficient (Wildman–Crippen LogP) is -1.20. The van der Waals surface area contributed by atoms with Gasteiger partial charge in [0.05, 0.1) is 0 Å². The van der Waals surface area contributed by atoms with Gasteiger partial charge in [-0.15, -0.1) is 6.58 Å². The van der Waals surface area contributed by atoms with E-state index in [1.54, 1.807) is 0 Å². The Balaban J connectivity index is -0.000000125. The zero-order chi connectivity index (χ0) is 4.83. The van der Waals surface area contributed by atoms with Crippen LogP contribution in [-0.4, -0.2) is 23.1 Å². The Morgan fingerprint density at radius 3 is 2.12 bits per heavy atom. The van der Waals surface area contributed by atoms with Crippen LogP contribution in [0.4, 0.5) is 0 Å². The Morgan fingerprint density at radius 1 is 1.50 bits per heavy atom. The summed E-state index contributed by atoms with van der Waals surface area (Å²) in [5.74, 6) is 0. The molecular weight excluding hydrogens is 176 g/mol. The molecule has 0 aliphatic carbocycles. The summed E-state index contributed by atoms with van der Waals surface area (Å²) >= 11 is 0. The van der Waals surface area contributed by atoms with Gasteiger partial charge in [-0.1, -0.05) is 12.5 Å². The summed E-state index contributed by atoms with van der Waals surface area (Å²) in [6.07, 6.45) is 5.25. The van der Waals surface area contributed by atoms with Crippen molar-refractivity contribution in [3.05, 3.63) is 19.6 Å². The molecule has 0 atom stereocenters. The molecule has 0 radical (unpaired) electrons. The molecule has 0 unspecified atom stereocenters. The van der Waals surface area contributed by atoms with Crippen LogP contribution in [0.3, 0.4) is 0 Å². The zero-order valence-corrected chi connectivity index (χ0v) is 8.20. The van der Waals surface area contributed by atoms with Crippen LogP contribution >= 0.6 is 0 Å². The molecule has 0 saturated carbocycles. The van der Waals surface area contributed by atoms with Gasteiger partial charge in [0.25, 0.3) is 0 Å². The SMILES string of the molecule is C=CCCC[CH2-].[Br-].[Mg+2]. The molecule has 0 saturated heterocycles. The van der Waals surface area contributed by atoms with E-state index in [2.05, 4.69) is 13.5 Å². The van der Waals surface area contributed by atoms with Crippen molar-refractivity contribution in [2.45, 2.75) is 19.3 Å². The van der Waals surface area contributed by atoms with E-state index >= 15 is 0 Å². The van der Waals surface area contributed by atoms with E-state index < -0.39 is 0 Å². The summed E-state index contributed by atoms with van der Waals surface area (Å²) in [7, 11) is 0. The number of allylic oxidation sites excluding steroid dienone is 1. The first-order valence-electron chi connectivity index (χ1n) is 2.32. The molecule has 44 valence electrons. The number of unbranched alkanes of at least 4 members (excludes halogenated alkanes) is 2. The largest absolute Gasteiger partial charge is 2.00 e. The molecule has 0 amide bonds. The first kappa shape index (κ1) is 16.0. The Kier molecular flexibility index (Phi) is 31.3. The summed E-state index contributed by atoms with van der Waals surface area (Å²) in [5, 5.41) is 0. The Bertz CT molecular complexity index is 37.5. The number of hydrogen-bond acceptors (Lipinski definition) is 0. The molecule has 0 aliphatic heterocycles.